The molecule has 0 heterocycles. The summed E-state index contributed by atoms with van der Waals surface area (Å²) in [5.74, 6) is 0. The van der Waals surface area contributed by atoms with Crippen molar-refractivity contribution in [1.82, 2.24) is 5.09 Å². The van der Waals surface area contributed by atoms with Crippen LogP contribution in [0.2, 0.25) is 0 Å². The summed E-state index contributed by atoms with van der Waals surface area (Å²) in [6.45, 7) is 4.70. The lowest BCUT2D eigenvalue weighted by atomic mass is 10.8. The Hall–Kier alpha value is 0.190. The summed E-state index contributed by atoms with van der Waals surface area (Å²) >= 11 is 0. The van der Waals surface area contributed by atoms with E-state index in [0.717, 1.165) is 12.7 Å². The third-order valence-corrected chi connectivity index (χ3v) is 2.09. The Balaban J connectivity index is 3.00. The van der Waals surface area contributed by atoms with Crippen molar-refractivity contribution in [3.63, 3.8) is 0 Å². The molecule has 0 fully saturated rings. The van der Waals surface area contributed by atoms with E-state index in [0.29, 0.717) is 0 Å². The van der Waals surface area contributed by atoms with Gasteiger partial charge >= 0.3 is 0 Å². The van der Waals surface area contributed by atoms with Crippen LogP contribution >= 0.6 is 7.95 Å². The van der Waals surface area contributed by atoms with Crippen molar-refractivity contribution in [2.75, 3.05) is 12.7 Å². The Morgan fingerprint density at radius 2 is 2.14 bits per heavy atom. The van der Waals surface area contributed by atoms with Crippen LogP contribution in [-0.2, 0) is 4.57 Å². The zero-order valence-electron chi connectivity index (χ0n) is 4.82. The lowest BCUT2D eigenvalue weighted by Crippen LogP contribution is -2.00. The number of hydrogen-bond donors (Lipinski definition) is 1. The van der Waals surface area contributed by atoms with E-state index in [2.05, 4.69) is 5.09 Å². The van der Waals surface area contributed by atoms with Gasteiger partial charge in [0.25, 0.3) is 0 Å². The summed E-state index contributed by atoms with van der Waals surface area (Å²) in [6, 6.07) is 0. The van der Waals surface area contributed by atoms with E-state index >= 15 is 0 Å². The zero-order chi connectivity index (χ0) is 5.70. The molecule has 0 aromatic rings. The first kappa shape index (κ1) is 7.19. The van der Waals surface area contributed by atoms with Crippen molar-refractivity contribution in [3.05, 3.63) is 0 Å². The van der Waals surface area contributed by atoms with E-state index < -0.39 is 7.95 Å². The first-order valence-electron chi connectivity index (χ1n) is 2.58. The molecule has 0 aliphatic heterocycles. The van der Waals surface area contributed by atoms with Crippen LogP contribution < -0.4 is 5.09 Å². The summed E-state index contributed by atoms with van der Waals surface area (Å²) in [4.78, 5) is 0. The molecule has 0 aliphatic carbocycles. The second kappa shape index (κ2) is 4.35. The van der Waals surface area contributed by atoms with Crippen LogP contribution in [0.25, 0.3) is 0 Å². The van der Waals surface area contributed by atoms with Crippen LogP contribution in [-0.4, -0.2) is 12.7 Å². The van der Waals surface area contributed by atoms with Gasteiger partial charge in [-0.25, -0.2) is 0 Å². The van der Waals surface area contributed by atoms with Gasteiger partial charge in [0.05, 0.1) is 0 Å². The second-order valence-corrected chi connectivity index (χ2v) is 3.21. The van der Waals surface area contributed by atoms with Gasteiger partial charge in [0.1, 0.15) is 7.95 Å². The van der Waals surface area contributed by atoms with Gasteiger partial charge in [-0.2, -0.15) is 0 Å². The van der Waals surface area contributed by atoms with Crippen molar-refractivity contribution in [1.29, 1.82) is 0 Å². The predicted octanol–water partition coefficient (Wildman–Crippen LogP) is 1.09. The van der Waals surface area contributed by atoms with E-state index in [1.165, 1.54) is 0 Å². The fraction of sp³-hybridized carbons (Fsp3) is 1.00. The molecule has 7 heavy (non-hydrogen) atoms. The van der Waals surface area contributed by atoms with Crippen LogP contribution in [0.3, 0.4) is 0 Å². The van der Waals surface area contributed by atoms with Crippen molar-refractivity contribution in [2.45, 2.75) is 13.8 Å². The molecule has 0 aliphatic rings. The zero-order valence-corrected chi connectivity index (χ0v) is 5.82. The lowest BCUT2D eigenvalue weighted by molar-refractivity contribution is 0.581. The van der Waals surface area contributed by atoms with E-state index in [1.807, 2.05) is 13.8 Å². The smallest absolute Gasteiger partial charge is 0.135 e. The molecule has 1 N–H and O–H groups in total. The Morgan fingerprint density at radius 3 is 2.29 bits per heavy atom. The largest absolute Gasteiger partial charge is 0.310 e. The Labute approximate surface area is 45.1 Å². The summed E-state index contributed by atoms with van der Waals surface area (Å²) in [6.07, 6.45) is 0.776. The van der Waals surface area contributed by atoms with Crippen LogP contribution in [0.15, 0.2) is 0 Å². The minimum atomic E-state index is -1.38. The maximum absolute atomic E-state index is 10.5. The molecule has 0 spiro atoms. The average Bonchev–Trinajstić information content (AvgIpc) is 1.68. The molecule has 1 unspecified atom stereocenters. The van der Waals surface area contributed by atoms with Gasteiger partial charge in [0, 0.05) is 6.16 Å². The lowest BCUT2D eigenvalue weighted by Gasteiger charge is -1.93. The third-order valence-electron chi connectivity index (χ3n) is 0.695. The monoisotopic (exact) mass is 121 g/mol. The number of rotatable bonds is 3. The fourth-order valence-corrected chi connectivity index (χ4v) is 0.967. The summed E-state index contributed by atoms with van der Waals surface area (Å²) in [5.41, 5.74) is 0. The highest BCUT2D eigenvalue weighted by atomic mass is 31.1. The summed E-state index contributed by atoms with van der Waals surface area (Å²) < 4.78 is 10.5. The maximum atomic E-state index is 10.5. The van der Waals surface area contributed by atoms with Crippen LogP contribution in [0.4, 0.5) is 0 Å². The number of hydrogen-bond acceptors (Lipinski definition) is 1. The molecule has 1 atom stereocenters. The van der Waals surface area contributed by atoms with E-state index in [4.69, 9.17) is 0 Å². The van der Waals surface area contributed by atoms with Gasteiger partial charge in [0.15, 0.2) is 0 Å². The molecule has 0 saturated heterocycles. The minimum absolute atomic E-state index is 0.776. The van der Waals surface area contributed by atoms with Crippen molar-refractivity contribution >= 4 is 7.95 Å². The van der Waals surface area contributed by atoms with Crippen molar-refractivity contribution < 1.29 is 4.57 Å². The highest BCUT2D eigenvalue weighted by Crippen LogP contribution is 2.10. The third kappa shape index (κ3) is 4.03. The second-order valence-electron chi connectivity index (χ2n) is 1.31. The average molecular weight is 121 g/mol. The molecule has 3 heteroatoms. The van der Waals surface area contributed by atoms with Crippen LogP contribution in [0.1, 0.15) is 13.8 Å². The first-order valence-corrected chi connectivity index (χ1v) is 4.19. The number of nitrogens with one attached hydrogen (secondary N) is 1. The molecule has 44 valence electrons. The molecule has 0 radical (unpaired) electrons. The van der Waals surface area contributed by atoms with Gasteiger partial charge < -0.3 is 4.57 Å². The molecule has 0 bridgehead atoms. The van der Waals surface area contributed by atoms with Gasteiger partial charge in [0.2, 0.25) is 0 Å². The van der Waals surface area contributed by atoms with E-state index in [1.54, 1.807) is 0 Å². The fourth-order valence-electron chi connectivity index (χ4n) is 0.322. The van der Waals surface area contributed by atoms with Crippen molar-refractivity contribution in [2.24, 2.45) is 0 Å². The predicted molar refractivity (Wildman–Crippen MR) is 33.2 cm³/mol. The highest BCUT2D eigenvalue weighted by molar-refractivity contribution is 7.42. The first-order chi connectivity index (χ1) is 3.31. The van der Waals surface area contributed by atoms with Gasteiger partial charge in [-0.15, -0.1) is 0 Å². The quantitative estimate of drug-likeness (QED) is 0.566. The van der Waals surface area contributed by atoms with Crippen LogP contribution in [0, 0.1) is 0 Å². The molecule has 0 aromatic carbocycles. The Kier molecular flexibility index (Phi) is 4.47. The van der Waals surface area contributed by atoms with E-state index in [9.17, 15) is 4.57 Å². The SMILES string of the molecule is CCN[PH](=O)CC. The minimum Gasteiger partial charge on any atom is -0.310 e. The molecule has 0 rings (SSSR count). The highest BCUT2D eigenvalue weighted by Gasteiger charge is 1.86. The summed E-state index contributed by atoms with van der Waals surface area (Å²) in [5, 5.41) is 2.84. The topological polar surface area (TPSA) is 29.1 Å². The van der Waals surface area contributed by atoms with Crippen LogP contribution in [0.5, 0.6) is 0 Å². The normalized spacial score (nSPS) is 14.0. The molecule has 0 aromatic heterocycles. The maximum Gasteiger partial charge on any atom is 0.135 e. The Bertz CT molecular complexity index is 64.7. The molecule has 0 saturated carbocycles. The standard InChI is InChI=1S/C4H12NOP/c1-3-5-7(6)4-2/h7H,3-4H2,1-2H3,(H,5,6). The van der Waals surface area contributed by atoms with Gasteiger partial charge in [-0.3, -0.25) is 5.09 Å². The molecule has 0 amide bonds. The Morgan fingerprint density at radius 1 is 1.57 bits per heavy atom. The summed E-state index contributed by atoms with van der Waals surface area (Å²) in [7, 11) is -1.38. The van der Waals surface area contributed by atoms with Gasteiger partial charge in [-0.05, 0) is 6.54 Å². The van der Waals surface area contributed by atoms with E-state index in [-0.39, 0.29) is 0 Å². The molecular formula is C4H12NOP. The molecule has 2 nitrogen and oxygen atoms in total. The van der Waals surface area contributed by atoms with Gasteiger partial charge in [-0.1, -0.05) is 13.8 Å². The molecular weight excluding hydrogens is 109 g/mol. The van der Waals surface area contributed by atoms with Crippen molar-refractivity contribution in [3.8, 4) is 0 Å².